The second-order valence-corrected chi connectivity index (χ2v) is 5.24. The first-order chi connectivity index (χ1) is 8.65. The van der Waals surface area contributed by atoms with Crippen LogP contribution in [0.15, 0.2) is 18.2 Å². The average Bonchev–Trinajstić information content (AvgIpc) is 2.35. The largest absolute Gasteiger partial charge is 0.385 e. The van der Waals surface area contributed by atoms with Gasteiger partial charge in [-0.15, -0.1) is 0 Å². The van der Waals surface area contributed by atoms with Crippen LogP contribution in [0.25, 0.3) is 0 Å². The Balaban J connectivity index is 2.36. The molecule has 18 heavy (non-hydrogen) atoms. The Bertz CT molecular complexity index is 345. The Hall–Kier alpha value is -1.18. The van der Waals surface area contributed by atoms with Gasteiger partial charge in [-0.25, -0.2) is 0 Å². The lowest BCUT2D eigenvalue weighted by Crippen LogP contribution is -2.11. The van der Waals surface area contributed by atoms with Crippen molar-refractivity contribution in [3.05, 3.63) is 23.8 Å². The third-order valence-electron chi connectivity index (χ3n) is 3.30. The molecule has 0 radical (unpaired) electrons. The fourth-order valence-electron chi connectivity index (χ4n) is 2.16. The van der Waals surface area contributed by atoms with Crippen LogP contribution >= 0.6 is 0 Å². The molecule has 1 N–H and O–H groups in total. The molecule has 0 unspecified atom stereocenters. The molecular weight excluding hydrogens is 220 g/mol. The van der Waals surface area contributed by atoms with Crippen LogP contribution in [-0.4, -0.2) is 20.6 Å². The van der Waals surface area contributed by atoms with E-state index in [4.69, 9.17) is 0 Å². The lowest BCUT2D eigenvalue weighted by Gasteiger charge is -2.17. The molecule has 0 aliphatic rings. The van der Waals surface area contributed by atoms with E-state index in [-0.39, 0.29) is 0 Å². The van der Waals surface area contributed by atoms with Crippen LogP contribution in [0.2, 0.25) is 0 Å². The van der Waals surface area contributed by atoms with Crippen molar-refractivity contribution in [3.8, 4) is 0 Å². The number of nitrogens with zero attached hydrogens (tertiary/aromatic N) is 1. The predicted octanol–water partition coefficient (Wildman–Crippen LogP) is 4.44. The zero-order chi connectivity index (χ0) is 13.4. The van der Waals surface area contributed by atoms with Crippen molar-refractivity contribution in [2.75, 3.05) is 30.9 Å². The second kappa shape index (κ2) is 8.02. The zero-order valence-electron chi connectivity index (χ0n) is 12.4. The molecule has 0 atom stereocenters. The van der Waals surface area contributed by atoms with Crippen molar-refractivity contribution < 1.29 is 0 Å². The molecule has 1 aromatic carbocycles. The van der Waals surface area contributed by atoms with Gasteiger partial charge in [-0.3, -0.25) is 0 Å². The third kappa shape index (κ3) is 4.99. The fourth-order valence-corrected chi connectivity index (χ4v) is 2.16. The summed E-state index contributed by atoms with van der Waals surface area (Å²) in [4.78, 5) is 2.17. The maximum absolute atomic E-state index is 3.52. The van der Waals surface area contributed by atoms with Gasteiger partial charge in [-0.1, -0.05) is 38.7 Å². The highest BCUT2D eigenvalue weighted by Gasteiger charge is 2.01. The minimum Gasteiger partial charge on any atom is -0.385 e. The highest BCUT2D eigenvalue weighted by Crippen LogP contribution is 2.22. The number of hydrogen-bond acceptors (Lipinski definition) is 2. The molecule has 102 valence electrons. The Kier molecular flexibility index (Phi) is 6.63. The van der Waals surface area contributed by atoms with Gasteiger partial charge in [0.25, 0.3) is 0 Å². The molecule has 2 nitrogen and oxygen atoms in total. The maximum atomic E-state index is 3.52. The van der Waals surface area contributed by atoms with Gasteiger partial charge in [0.2, 0.25) is 0 Å². The summed E-state index contributed by atoms with van der Waals surface area (Å²) in [5.74, 6) is 0. The van der Waals surface area contributed by atoms with Crippen molar-refractivity contribution in [1.82, 2.24) is 0 Å². The summed E-state index contributed by atoms with van der Waals surface area (Å²) in [6.45, 7) is 5.50. The fraction of sp³-hybridized carbons (Fsp3) is 0.625. The van der Waals surface area contributed by atoms with E-state index in [1.54, 1.807) is 0 Å². The van der Waals surface area contributed by atoms with E-state index in [0.29, 0.717) is 0 Å². The van der Waals surface area contributed by atoms with Crippen molar-refractivity contribution in [2.45, 2.75) is 46.0 Å². The molecule has 1 rings (SSSR count). The molecule has 0 fully saturated rings. The number of benzene rings is 1. The number of nitrogens with one attached hydrogen (secondary N) is 1. The van der Waals surface area contributed by atoms with Crippen LogP contribution in [0.4, 0.5) is 11.4 Å². The van der Waals surface area contributed by atoms with Gasteiger partial charge in [0.1, 0.15) is 0 Å². The van der Waals surface area contributed by atoms with Crippen LogP contribution in [-0.2, 0) is 0 Å². The number of unbranched alkanes of at least 4 members (excludes halogenated alkanes) is 4. The van der Waals surface area contributed by atoms with Gasteiger partial charge in [0, 0.05) is 32.0 Å². The Labute approximate surface area is 112 Å². The Morgan fingerprint density at radius 1 is 1.06 bits per heavy atom. The van der Waals surface area contributed by atoms with E-state index in [9.17, 15) is 0 Å². The van der Waals surface area contributed by atoms with Crippen LogP contribution in [0.1, 0.15) is 44.6 Å². The molecule has 1 aromatic rings. The quantitative estimate of drug-likeness (QED) is 0.684. The summed E-state index contributed by atoms with van der Waals surface area (Å²) < 4.78 is 0. The molecule has 0 saturated carbocycles. The SMILES string of the molecule is CCCCCCCNc1ccc(C)c(N(C)C)c1. The molecule has 2 heteroatoms. The van der Waals surface area contributed by atoms with Gasteiger partial charge in [0.05, 0.1) is 0 Å². The molecule has 0 amide bonds. The second-order valence-electron chi connectivity index (χ2n) is 5.24. The van der Waals surface area contributed by atoms with Crippen LogP contribution in [0.3, 0.4) is 0 Å². The first kappa shape index (κ1) is 14.9. The van der Waals surface area contributed by atoms with Gasteiger partial charge in [-0.05, 0) is 31.0 Å². The minimum absolute atomic E-state index is 1.08. The van der Waals surface area contributed by atoms with Gasteiger partial charge in [-0.2, -0.15) is 0 Å². The molecule has 0 saturated heterocycles. The summed E-state index contributed by atoms with van der Waals surface area (Å²) in [5, 5.41) is 3.52. The van der Waals surface area contributed by atoms with Crippen LogP contribution in [0, 0.1) is 6.92 Å². The first-order valence-electron chi connectivity index (χ1n) is 7.17. The number of anilines is 2. The standard InChI is InChI=1S/C16H28N2/c1-5-6-7-8-9-12-17-15-11-10-14(2)16(13-15)18(3)4/h10-11,13,17H,5-9,12H2,1-4H3. The lowest BCUT2D eigenvalue weighted by atomic mass is 10.1. The highest BCUT2D eigenvalue weighted by atomic mass is 15.1. The molecule has 0 spiro atoms. The van der Waals surface area contributed by atoms with Gasteiger partial charge in [0.15, 0.2) is 0 Å². The molecule has 0 bridgehead atoms. The van der Waals surface area contributed by atoms with Crippen LogP contribution < -0.4 is 10.2 Å². The normalized spacial score (nSPS) is 10.4. The summed E-state index contributed by atoms with van der Waals surface area (Å²) >= 11 is 0. The summed E-state index contributed by atoms with van der Waals surface area (Å²) in [7, 11) is 4.19. The van der Waals surface area contributed by atoms with Crippen LogP contribution in [0.5, 0.6) is 0 Å². The van der Waals surface area contributed by atoms with Crippen molar-refractivity contribution in [1.29, 1.82) is 0 Å². The first-order valence-corrected chi connectivity index (χ1v) is 7.17. The van der Waals surface area contributed by atoms with Crippen molar-refractivity contribution in [2.24, 2.45) is 0 Å². The van der Waals surface area contributed by atoms with E-state index < -0.39 is 0 Å². The summed E-state index contributed by atoms with van der Waals surface area (Å²) in [5.41, 5.74) is 3.86. The highest BCUT2D eigenvalue weighted by molar-refractivity contribution is 5.61. The summed E-state index contributed by atoms with van der Waals surface area (Å²) in [6.07, 6.45) is 6.67. The van der Waals surface area contributed by atoms with E-state index in [1.165, 1.54) is 49.0 Å². The number of hydrogen-bond donors (Lipinski definition) is 1. The predicted molar refractivity (Wildman–Crippen MR) is 82.8 cm³/mol. The smallest absolute Gasteiger partial charge is 0.0411 e. The van der Waals surface area contributed by atoms with Crippen molar-refractivity contribution in [3.63, 3.8) is 0 Å². The number of rotatable bonds is 8. The van der Waals surface area contributed by atoms with Gasteiger partial charge >= 0.3 is 0 Å². The lowest BCUT2D eigenvalue weighted by molar-refractivity contribution is 0.645. The van der Waals surface area contributed by atoms with E-state index in [1.807, 2.05) is 0 Å². The molecule has 0 aliphatic carbocycles. The molecule has 0 aromatic heterocycles. The zero-order valence-corrected chi connectivity index (χ0v) is 12.4. The molecule has 0 heterocycles. The topological polar surface area (TPSA) is 15.3 Å². The average molecular weight is 248 g/mol. The Morgan fingerprint density at radius 3 is 2.44 bits per heavy atom. The number of aryl methyl sites for hydroxylation is 1. The van der Waals surface area contributed by atoms with E-state index in [2.05, 4.69) is 56.4 Å². The van der Waals surface area contributed by atoms with E-state index in [0.717, 1.165) is 6.54 Å². The van der Waals surface area contributed by atoms with Gasteiger partial charge < -0.3 is 10.2 Å². The van der Waals surface area contributed by atoms with E-state index >= 15 is 0 Å². The summed E-state index contributed by atoms with van der Waals surface area (Å²) in [6, 6.07) is 6.60. The maximum Gasteiger partial charge on any atom is 0.0411 e. The van der Waals surface area contributed by atoms with Crippen molar-refractivity contribution >= 4 is 11.4 Å². The Morgan fingerprint density at radius 2 is 1.78 bits per heavy atom. The minimum atomic E-state index is 1.08. The molecular formula is C16H28N2. The molecule has 0 aliphatic heterocycles. The monoisotopic (exact) mass is 248 g/mol. The third-order valence-corrected chi connectivity index (χ3v) is 3.30.